The number of halogens is 2. The van der Waals surface area contributed by atoms with Crippen molar-refractivity contribution in [2.24, 2.45) is 0 Å². The average molecular weight is 416 g/mol. The predicted octanol–water partition coefficient (Wildman–Crippen LogP) is 6.41. The van der Waals surface area contributed by atoms with E-state index in [2.05, 4.69) is 18.2 Å². The van der Waals surface area contributed by atoms with Gasteiger partial charge in [-0.1, -0.05) is 53.5 Å². The Kier molecular flexibility index (Phi) is 8.01. The van der Waals surface area contributed by atoms with Crippen molar-refractivity contribution in [3.8, 4) is 11.5 Å². The second-order valence-electron chi connectivity index (χ2n) is 6.39. The number of aromatic nitrogens is 1. The van der Waals surface area contributed by atoms with Crippen LogP contribution in [-0.4, -0.2) is 18.2 Å². The fourth-order valence-electron chi connectivity index (χ4n) is 2.80. The van der Waals surface area contributed by atoms with Gasteiger partial charge in [-0.2, -0.15) is 0 Å². The summed E-state index contributed by atoms with van der Waals surface area (Å²) in [6, 6.07) is 21.2. The number of hydrogen-bond acceptors (Lipinski definition) is 3. The van der Waals surface area contributed by atoms with Gasteiger partial charge in [0.05, 0.1) is 23.3 Å². The number of para-hydroxylation sites is 2. The molecule has 0 aliphatic heterocycles. The van der Waals surface area contributed by atoms with Crippen molar-refractivity contribution in [2.75, 3.05) is 13.2 Å². The first-order valence-corrected chi connectivity index (χ1v) is 10.2. The third-order valence-electron chi connectivity index (χ3n) is 4.21. The van der Waals surface area contributed by atoms with E-state index < -0.39 is 0 Å². The Bertz CT molecular complexity index is 817. The minimum absolute atomic E-state index is 0.612. The van der Waals surface area contributed by atoms with Crippen molar-refractivity contribution < 1.29 is 9.47 Å². The fraction of sp³-hybridized carbons (Fsp3) is 0.261. The molecule has 1 aromatic heterocycles. The van der Waals surface area contributed by atoms with Gasteiger partial charge in [0.2, 0.25) is 0 Å². The Balaban J connectivity index is 1.39. The van der Waals surface area contributed by atoms with E-state index in [1.807, 2.05) is 48.5 Å². The molecule has 0 amide bonds. The van der Waals surface area contributed by atoms with Crippen LogP contribution in [0, 0.1) is 0 Å². The number of ether oxygens (including phenoxy) is 2. The standard InChI is InChI=1S/C23H23Cl2NO2/c24-20-12-1-3-14-22(20)27-16-6-10-18-8-5-9-19(26-18)11-7-17-28-23-15-4-2-13-21(23)25/h1-5,8-9,12-15H,6-7,10-11,16-17H2. The first kappa shape index (κ1) is 20.5. The molecule has 0 unspecified atom stereocenters. The monoisotopic (exact) mass is 415 g/mol. The Morgan fingerprint density at radius 3 is 1.54 bits per heavy atom. The van der Waals surface area contributed by atoms with Gasteiger partial charge in [0, 0.05) is 11.4 Å². The van der Waals surface area contributed by atoms with Gasteiger partial charge >= 0.3 is 0 Å². The zero-order valence-corrected chi connectivity index (χ0v) is 17.1. The minimum atomic E-state index is 0.612. The van der Waals surface area contributed by atoms with Crippen LogP contribution >= 0.6 is 23.2 Å². The van der Waals surface area contributed by atoms with Gasteiger partial charge in [-0.3, -0.25) is 4.98 Å². The number of benzene rings is 2. The molecule has 0 saturated heterocycles. The van der Waals surface area contributed by atoms with Gasteiger partial charge in [-0.05, 0) is 62.1 Å². The topological polar surface area (TPSA) is 31.4 Å². The minimum Gasteiger partial charge on any atom is -0.492 e. The number of aryl methyl sites for hydroxylation is 2. The summed E-state index contributed by atoms with van der Waals surface area (Å²) in [5.41, 5.74) is 2.15. The molecule has 0 N–H and O–H groups in total. The van der Waals surface area contributed by atoms with Gasteiger partial charge in [-0.25, -0.2) is 0 Å². The summed E-state index contributed by atoms with van der Waals surface area (Å²) < 4.78 is 11.5. The van der Waals surface area contributed by atoms with E-state index in [-0.39, 0.29) is 0 Å². The second-order valence-corrected chi connectivity index (χ2v) is 7.20. The van der Waals surface area contributed by atoms with Crippen molar-refractivity contribution in [1.82, 2.24) is 4.98 Å². The SMILES string of the molecule is Clc1ccccc1OCCCc1cccc(CCCOc2ccccc2Cl)n1. The summed E-state index contributed by atoms with van der Waals surface area (Å²) in [5.74, 6) is 1.45. The molecular formula is C23H23Cl2NO2. The van der Waals surface area contributed by atoms with E-state index in [4.69, 9.17) is 37.7 Å². The fourth-order valence-corrected chi connectivity index (χ4v) is 3.18. The first-order valence-electron chi connectivity index (χ1n) is 9.42. The molecule has 3 nitrogen and oxygen atoms in total. The zero-order valence-electron chi connectivity index (χ0n) is 15.6. The van der Waals surface area contributed by atoms with Crippen LogP contribution in [0.15, 0.2) is 66.7 Å². The molecule has 0 radical (unpaired) electrons. The number of rotatable bonds is 10. The smallest absolute Gasteiger partial charge is 0.137 e. The van der Waals surface area contributed by atoms with E-state index in [0.29, 0.717) is 23.3 Å². The lowest BCUT2D eigenvalue weighted by Crippen LogP contribution is -2.04. The summed E-state index contributed by atoms with van der Waals surface area (Å²) >= 11 is 12.2. The van der Waals surface area contributed by atoms with Gasteiger partial charge in [-0.15, -0.1) is 0 Å². The van der Waals surface area contributed by atoms with Crippen molar-refractivity contribution in [3.05, 3.63) is 88.2 Å². The molecule has 0 atom stereocenters. The maximum atomic E-state index is 6.09. The van der Waals surface area contributed by atoms with Crippen molar-refractivity contribution >= 4 is 23.2 Å². The van der Waals surface area contributed by atoms with Crippen molar-refractivity contribution in [3.63, 3.8) is 0 Å². The van der Waals surface area contributed by atoms with Crippen LogP contribution in [0.2, 0.25) is 10.0 Å². The molecule has 0 spiro atoms. The van der Waals surface area contributed by atoms with E-state index in [1.165, 1.54) is 0 Å². The summed E-state index contributed by atoms with van der Waals surface area (Å²) in [5, 5.41) is 1.28. The Labute approximate surface area is 176 Å². The molecule has 0 aliphatic carbocycles. The maximum Gasteiger partial charge on any atom is 0.137 e. The van der Waals surface area contributed by atoms with Crippen LogP contribution in [-0.2, 0) is 12.8 Å². The van der Waals surface area contributed by atoms with Crippen LogP contribution in [0.4, 0.5) is 0 Å². The molecule has 28 heavy (non-hydrogen) atoms. The third kappa shape index (κ3) is 6.43. The quantitative estimate of drug-likeness (QED) is 0.358. The van der Waals surface area contributed by atoms with Crippen molar-refractivity contribution in [2.45, 2.75) is 25.7 Å². The van der Waals surface area contributed by atoms with Gasteiger partial charge in [0.1, 0.15) is 11.5 Å². The summed E-state index contributed by atoms with van der Waals surface area (Å²) in [4.78, 5) is 4.73. The molecule has 5 heteroatoms. The highest BCUT2D eigenvalue weighted by atomic mass is 35.5. The Morgan fingerprint density at radius 1 is 0.607 bits per heavy atom. The number of pyridine rings is 1. The van der Waals surface area contributed by atoms with Crippen LogP contribution in [0.1, 0.15) is 24.2 Å². The molecular weight excluding hydrogens is 393 g/mol. The van der Waals surface area contributed by atoms with Gasteiger partial charge in [0.25, 0.3) is 0 Å². The van der Waals surface area contributed by atoms with Crippen LogP contribution < -0.4 is 9.47 Å². The second kappa shape index (κ2) is 10.9. The molecule has 3 aromatic rings. The van der Waals surface area contributed by atoms with E-state index in [1.54, 1.807) is 0 Å². The van der Waals surface area contributed by atoms with E-state index >= 15 is 0 Å². The highest BCUT2D eigenvalue weighted by molar-refractivity contribution is 6.32. The van der Waals surface area contributed by atoms with Crippen LogP contribution in [0.25, 0.3) is 0 Å². The normalized spacial score (nSPS) is 10.6. The molecule has 0 fully saturated rings. The summed E-state index contributed by atoms with van der Waals surface area (Å²) in [7, 11) is 0. The van der Waals surface area contributed by atoms with Gasteiger partial charge in [0.15, 0.2) is 0 Å². The van der Waals surface area contributed by atoms with Crippen LogP contribution in [0.5, 0.6) is 11.5 Å². The molecule has 2 aromatic carbocycles. The molecule has 0 saturated carbocycles. The van der Waals surface area contributed by atoms with E-state index in [9.17, 15) is 0 Å². The highest BCUT2D eigenvalue weighted by Crippen LogP contribution is 2.24. The molecule has 1 heterocycles. The maximum absolute atomic E-state index is 6.09. The Hall–Kier alpha value is -2.23. The third-order valence-corrected chi connectivity index (χ3v) is 4.83. The highest BCUT2D eigenvalue weighted by Gasteiger charge is 2.03. The Morgan fingerprint density at radius 2 is 1.07 bits per heavy atom. The largest absolute Gasteiger partial charge is 0.492 e. The number of hydrogen-bond donors (Lipinski definition) is 0. The van der Waals surface area contributed by atoms with Crippen molar-refractivity contribution in [1.29, 1.82) is 0 Å². The molecule has 3 rings (SSSR count). The van der Waals surface area contributed by atoms with Gasteiger partial charge < -0.3 is 9.47 Å². The lowest BCUT2D eigenvalue weighted by molar-refractivity contribution is 0.309. The first-order chi connectivity index (χ1) is 13.7. The zero-order chi connectivity index (χ0) is 19.6. The predicted molar refractivity (Wildman–Crippen MR) is 115 cm³/mol. The summed E-state index contributed by atoms with van der Waals surface area (Å²) in [6.45, 7) is 1.22. The van der Waals surface area contributed by atoms with E-state index in [0.717, 1.165) is 48.6 Å². The average Bonchev–Trinajstić information content (AvgIpc) is 2.71. The van der Waals surface area contributed by atoms with Crippen LogP contribution in [0.3, 0.4) is 0 Å². The lowest BCUT2D eigenvalue weighted by atomic mass is 10.1. The summed E-state index contributed by atoms with van der Waals surface area (Å²) in [6.07, 6.45) is 3.51. The molecule has 0 bridgehead atoms. The lowest BCUT2D eigenvalue weighted by Gasteiger charge is -2.09. The molecule has 146 valence electrons. The molecule has 0 aliphatic rings. The number of nitrogens with zero attached hydrogens (tertiary/aromatic N) is 1.